The summed E-state index contributed by atoms with van der Waals surface area (Å²) in [4.78, 5) is 25.7. The number of amides is 1. The molecule has 1 unspecified atom stereocenters. The lowest BCUT2D eigenvalue weighted by Gasteiger charge is -2.30. The zero-order valence-corrected chi connectivity index (χ0v) is 14.8. The third-order valence-corrected chi connectivity index (χ3v) is 4.37. The van der Waals surface area contributed by atoms with E-state index in [4.69, 9.17) is 9.47 Å². The fourth-order valence-corrected chi connectivity index (χ4v) is 2.99. The minimum atomic E-state index is -0.362. The van der Waals surface area contributed by atoms with Gasteiger partial charge in [-0.25, -0.2) is 9.48 Å². The van der Waals surface area contributed by atoms with E-state index in [9.17, 15) is 9.59 Å². The van der Waals surface area contributed by atoms with E-state index in [1.807, 2.05) is 36.5 Å². The van der Waals surface area contributed by atoms with Crippen LogP contribution >= 0.6 is 0 Å². The predicted octanol–water partition coefficient (Wildman–Crippen LogP) is 2.78. The standard InChI is InChI=1S/C19H23N3O4/c1-2-25-19(24)21-11-3-5-16(13-21)18(23)26-14-15-6-8-17(9-7-15)22-12-4-10-20-22/h4,6-10,12,16H,2-3,5,11,13-14H2,1H3. The minimum absolute atomic E-state index is 0.216. The van der Waals surface area contributed by atoms with E-state index in [-0.39, 0.29) is 24.6 Å². The van der Waals surface area contributed by atoms with Gasteiger partial charge in [-0.15, -0.1) is 0 Å². The highest BCUT2D eigenvalue weighted by atomic mass is 16.6. The molecule has 1 atom stereocenters. The van der Waals surface area contributed by atoms with Gasteiger partial charge in [-0.3, -0.25) is 4.79 Å². The summed E-state index contributed by atoms with van der Waals surface area (Å²) >= 11 is 0. The lowest BCUT2D eigenvalue weighted by atomic mass is 9.98. The highest BCUT2D eigenvalue weighted by Crippen LogP contribution is 2.19. The number of hydrogen-bond donors (Lipinski definition) is 0. The molecule has 7 nitrogen and oxygen atoms in total. The second kappa shape index (κ2) is 8.51. The maximum atomic E-state index is 12.3. The molecule has 1 aromatic carbocycles. The first kappa shape index (κ1) is 18.0. The van der Waals surface area contributed by atoms with Crippen molar-refractivity contribution in [1.82, 2.24) is 14.7 Å². The van der Waals surface area contributed by atoms with Crippen LogP contribution in [-0.4, -0.2) is 46.4 Å². The van der Waals surface area contributed by atoms with Crippen molar-refractivity contribution in [3.8, 4) is 5.69 Å². The van der Waals surface area contributed by atoms with Crippen LogP contribution in [0, 0.1) is 5.92 Å². The topological polar surface area (TPSA) is 73.7 Å². The Morgan fingerprint density at radius 2 is 2.04 bits per heavy atom. The van der Waals surface area contributed by atoms with Crippen LogP contribution in [0.1, 0.15) is 25.3 Å². The number of esters is 1. The van der Waals surface area contributed by atoms with Gasteiger partial charge in [0.1, 0.15) is 6.61 Å². The van der Waals surface area contributed by atoms with Crippen LogP contribution in [0.25, 0.3) is 5.69 Å². The summed E-state index contributed by atoms with van der Waals surface area (Å²) in [6.07, 6.45) is 4.73. The molecule has 1 aliphatic rings. The zero-order chi connectivity index (χ0) is 18.4. The SMILES string of the molecule is CCOC(=O)N1CCCC(C(=O)OCc2ccc(-n3cccn3)cc2)C1. The Balaban J connectivity index is 1.51. The van der Waals surface area contributed by atoms with Crippen molar-refractivity contribution in [3.05, 3.63) is 48.3 Å². The molecule has 3 rings (SSSR count). The number of aromatic nitrogens is 2. The molecule has 0 N–H and O–H groups in total. The summed E-state index contributed by atoms with van der Waals surface area (Å²) in [5, 5.41) is 4.17. The molecule has 0 saturated carbocycles. The molecular weight excluding hydrogens is 334 g/mol. The van der Waals surface area contributed by atoms with Gasteiger partial charge in [0, 0.05) is 25.5 Å². The maximum Gasteiger partial charge on any atom is 0.409 e. The van der Waals surface area contributed by atoms with Gasteiger partial charge >= 0.3 is 12.1 Å². The van der Waals surface area contributed by atoms with Crippen LogP contribution in [0.5, 0.6) is 0 Å². The van der Waals surface area contributed by atoms with Gasteiger partial charge in [0.05, 0.1) is 18.2 Å². The molecule has 0 radical (unpaired) electrons. The largest absolute Gasteiger partial charge is 0.461 e. The summed E-state index contributed by atoms with van der Waals surface area (Å²) < 4.78 is 12.2. The molecule has 7 heteroatoms. The summed E-state index contributed by atoms with van der Waals surface area (Å²) in [6.45, 7) is 3.30. The van der Waals surface area contributed by atoms with Gasteiger partial charge in [0.25, 0.3) is 0 Å². The predicted molar refractivity (Wildman–Crippen MR) is 94.7 cm³/mol. The summed E-state index contributed by atoms with van der Waals surface area (Å²) in [5.41, 5.74) is 1.86. The Hall–Kier alpha value is -2.83. The van der Waals surface area contributed by atoms with Gasteiger partial charge < -0.3 is 14.4 Å². The van der Waals surface area contributed by atoms with Crippen LogP contribution in [0.15, 0.2) is 42.7 Å². The van der Waals surface area contributed by atoms with E-state index in [2.05, 4.69) is 5.10 Å². The van der Waals surface area contributed by atoms with Gasteiger partial charge in [-0.2, -0.15) is 5.10 Å². The second-order valence-electron chi connectivity index (χ2n) is 6.21. The van der Waals surface area contributed by atoms with Crippen molar-refractivity contribution in [2.24, 2.45) is 5.92 Å². The monoisotopic (exact) mass is 357 g/mol. The van der Waals surface area contributed by atoms with Gasteiger partial charge in [-0.1, -0.05) is 12.1 Å². The van der Waals surface area contributed by atoms with Gasteiger partial charge in [-0.05, 0) is 43.5 Å². The van der Waals surface area contributed by atoms with Crippen molar-refractivity contribution in [2.45, 2.75) is 26.4 Å². The van der Waals surface area contributed by atoms with E-state index >= 15 is 0 Å². The minimum Gasteiger partial charge on any atom is -0.461 e. The average Bonchev–Trinajstić information content (AvgIpc) is 3.21. The first-order chi connectivity index (χ1) is 12.7. The quantitative estimate of drug-likeness (QED) is 0.769. The van der Waals surface area contributed by atoms with Crippen LogP contribution in [-0.2, 0) is 20.9 Å². The molecular formula is C19H23N3O4. The number of carbonyl (C=O) groups excluding carboxylic acids is 2. The molecule has 0 spiro atoms. The third-order valence-electron chi connectivity index (χ3n) is 4.37. The first-order valence-corrected chi connectivity index (χ1v) is 8.84. The first-order valence-electron chi connectivity index (χ1n) is 8.84. The number of nitrogens with zero attached hydrogens (tertiary/aromatic N) is 3. The number of rotatable bonds is 5. The molecule has 1 amide bonds. The molecule has 2 aromatic rings. The molecule has 1 aromatic heterocycles. The molecule has 2 heterocycles. The zero-order valence-electron chi connectivity index (χ0n) is 14.8. The van der Waals surface area contributed by atoms with E-state index in [1.54, 1.807) is 22.7 Å². The Morgan fingerprint density at radius 1 is 1.23 bits per heavy atom. The van der Waals surface area contributed by atoms with Gasteiger partial charge in [0.15, 0.2) is 0 Å². The van der Waals surface area contributed by atoms with Crippen LogP contribution in [0.3, 0.4) is 0 Å². The third kappa shape index (κ3) is 4.41. The van der Waals surface area contributed by atoms with Crippen molar-refractivity contribution < 1.29 is 19.1 Å². The van der Waals surface area contributed by atoms with Crippen molar-refractivity contribution in [1.29, 1.82) is 0 Å². The maximum absolute atomic E-state index is 12.3. The lowest BCUT2D eigenvalue weighted by molar-refractivity contribution is -0.151. The molecule has 1 fully saturated rings. The molecule has 26 heavy (non-hydrogen) atoms. The van der Waals surface area contributed by atoms with E-state index in [0.717, 1.165) is 24.1 Å². The highest BCUT2D eigenvalue weighted by molar-refractivity contribution is 5.74. The number of ether oxygens (including phenoxy) is 2. The Morgan fingerprint density at radius 3 is 2.73 bits per heavy atom. The number of hydrogen-bond acceptors (Lipinski definition) is 5. The van der Waals surface area contributed by atoms with Crippen LogP contribution in [0.2, 0.25) is 0 Å². The highest BCUT2D eigenvalue weighted by Gasteiger charge is 2.30. The van der Waals surface area contributed by atoms with Gasteiger partial charge in [0.2, 0.25) is 0 Å². The Bertz CT molecular complexity index is 728. The number of benzene rings is 1. The fraction of sp³-hybridized carbons (Fsp3) is 0.421. The molecule has 1 aliphatic heterocycles. The molecule has 138 valence electrons. The van der Waals surface area contributed by atoms with E-state index in [1.165, 1.54) is 0 Å². The van der Waals surface area contributed by atoms with E-state index in [0.29, 0.717) is 19.7 Å². The number of likely N-dealkylation sites (tertiary alicyclic amines) is 1. The Kier molecular flexibility index (Phi) is 5.88. The van der Waals surface area contributed by atoms with E-state index < -0.39 is 0 Å². The van der Waals surface area contributed by atoms with Crippen molar-refractivity contribution in [2.75, 3.05) is 19.7 Å². The summed E-state index contributed by atoms with van der Waals surface area (Å²) in [7, 11) is 0. The fourth-order valence-electron chi connectivity index (χ4n) is 2.99. The number of carbonyl (C=O) groups is 2. The van der Waals surface area contributed by atoms with Crippen LogP contribution in [0.4, 0.5) is 4.79 Å². The molecule has 0 bridgehead atoms. The smallest absolute Gasteiger partial charge is 0.409 e. The average molecular weight is 357 g/mol. The lowest BCUT2D eigenvalue weighted by Crippen LogP contribution is -2.43. The molecule has 1 saturated heterocycles. The number of piperidine rings is 1. The van der Waals surface area contributed by atoms with Crippen molar-refractivity contribution >= 4 is 12.1 Å². The summed E-state index contributed by atoms with van der Waals surface area (Å²) in [6, 6.07) is 9.55. The summed E-state index contributed by atoms with van der Waals surface area (Å²) in [5.74, 6) is -0.563. The van der Waals surface area contributed by atoms with Crippen molar-refractivity contribution in [3.63, 3.8) is 0 Å². The van der Waals surface area contributed by atoms with Crippen LogP contribution < -0.4 is 0 Å². The Labute approximate surface area is 152 Å². The normalized spacial score (nSPS) is 17.0. The second-order valence-corrected chi connectivity index (χ2v) is 6.21. The molecule has 0 aliphatic carbocycles.